The molecule has 1 amide bonds. The molecule has 0 aliphatic rings. The number of carbonyl (C=O) groups is 1. The Morgan fingerprint density at radius 1 is 1.25 bits per heavy atom. The highest BCUT2D eigenvalue weighted by Crippen LogP contribution is 2.11. The molecule has 4 nitrogen and oxygen atoms in total. The van der Waals surface area contributed by atoms with Gasteiger partial charge in [-0.1, -0.05) is 34.1 Å². The zero-order valence-electron chi connectivity index (χ0n) is 11.0. The number of nitrogens with two attached hydrogens (primary N) is 1. The monoisotopic (exact) mass is 333 g/mol. The van der Waals surface area contributed by atoms with E-state index in [1.807, 2.05) is 30.3 Å². The number of nitrogens with one attached hydrogen (secondary N) is 1. The van der Waals surface area contributed by atoms with Crippen molar-refractivity contribution in [2.45, 2.75) is 13.0 Å². The number of pyridine rings is 1. The number of carbonyl (C=O) groups excluding carboxylic acids is 1. The van der Waals surface area contributed by atoms with Gasteiger partial charge in [0.15, 0.2) is 0 Å². The van der Waals surface area contributed by atoms with Gasteiger partial charge in [0.2, 0.25) is 0 Å². The molecule has 0 spiro atoms. The van der Waals surface area contributed by atoms with Crippen molar-refractivity contribution in [1.82, 2.24) is 10.3 Å². The van der Waals surface area contributed by atoms with Crippen LogP contribution in [-0.2, 0) is 13.0 Å². The summed E-state index contributed by atoms with van der Waals surface area (Å²) in [6.45, 7) is 1.01. The summed E-state index contributed by atoms with van der Waals surface area (Å²) in [6, 6.07) is 11.5. The quantitative estimate of drug-likeness (QED) is 0.881. The Morgan fingerprint density at radius 3 is 2.75 bits per heavy atom. The molecule has 1 heterocycles. The van der Waals surface area contributed by atoms with Crippen LogP contribution in [0.1, 0.15) is 21.6 Å². The lowest BCUT2D eigenvalue weighted by atomic mass is 10.1. The van der Waals surface area contributed by atoms with Crippen LogP contribution in [0.5, 0.6) is 0 Å². The molecule has 0 bridgehead atoms. The third-order valence-corrected chi connectivity index (χ3v) is 3.37. The predicted octanol–water partition coefficient (Wildman–Crippen LogP) is 2.28. The van der Waals surface area contributed by atoms with Gasteiger partial charge in [0.1, 0.15) is 5.69 Å². The minimum atomic E-state index is -0.163. The van der Waals surface area contributed by atoms with Crippen molar-refractivity contribution in [3.05, 3.63) is 63.9 Å². The van der Waals surface area contributed by atoms with E-state index in [0.29, 0.717) is 18.8 Å². The van der Waals surface area contributed by atoms with Crippen molar-refractivity contribution in [1.29, 1.82) is 0 Å². The van der Waals surface area contributed by atoms with E-state index in [-0.39, 0.29) is 5.91 Å². The fourth-order valence-electron chi connectivity index (χ4n) is 1.78. The average molecular weight is 334 g/mol. The van der Waals surface area contributed by atoms with Crippen molar-refractivity contribution in [3.63, 3.8) is 0 Å². The van der Waals surface area contributed by atoms with Gasteiger partial charge < -0.3 is 11.1 Å². The lowest BCUT2D eigenvalue weighted by molar-refractivity contribution is 0.0949. The summed E-state index contributed by atoms with van der Waals surface area (Å²) < 4.78 is 1.04. The lowest BCUT2D eigenvalue weighted by Crippen LogP contribution is -2.26. The van der Waals surface area contributed by atoms with E-state index in [1.54, 1.807) is 12.3 Å². The van der Waals surface area contributed by atoms with Crippen LogP contribution in [0.2, 0.25) is 0 Å². The molecule has 0 atom stereocenters. The van der Waals surface area contributed by atoms with Crippen LogP contribution in [0.15, 0.2) is 47.1 Å². The molecule has 0 aliphatic carbocycles. The normalized spacial score (nSPS) is 10.3. The summed E-state index contributed by atoms with van der Waals surface area (Å²) in [5.41, 5.74) is 7.99. The van der Waals surface area contributed by atoms with E-state index in [0.717, 1.165) is 16.5 Å². The predicted molar refractivity (Wildman–Crippen MR) is 82.3 cm³/mol. The summed E-state index contributed by atoms with van der Waals surface area (Å²) in [5, 5.41) is 2.86. The Bertz CT molecular complexity index is 584. The largest absolute Gasteiger partial charge is 0.350 e. The highest BCUT2D eigenvalue weighted by atomic mass is 79.9. The first-order chi connectivity index (χ1) is 9.69. The van der Waals surface area contributed by atoms with Crippen LogP contribution in [-0.4, -0.2) is 17.4 Å². The minimum absolute atomic E-state index is 0.163. The number of halogens is 1. The SMILES string of the molecule is NCc1ccc(C(=O)NCCc2cccc(Br)c2)nc1. The Labute approximate surface area is 126 Å². The van der Waals surface area contributed by atoms with Crippen LogP contribution in [0.4, 0.5) is 0 Å². The Hall–Kier alpha value is -1.72. The second kappa shape index (κ2) is 7.17. The number of nitrogens with zero attached hydrogens (tertiary/aromatic N) is 1. The maximum atomic E-state index is 11.9. The standard InChI is InChI=1S/C15H16BrN3O/c16-13-3-1-2-11(8-13)6-7-18-15(20)14-5-4-12(9-17)10-19-14/h1-5,8,10H,6-7,9,17H2,(H,18,20). The van der Waals surface area contributed by atoms with Gasteiger partial charge in [-0.2, -0.15) is 0 Å². The smallest absolute Gasteiger partial charge is 0.269 e. The van der Waals surface area contributed by atoms with Crippen LogP contribution >= 0.6 is 15.9 Å². The van der Waals surface area contributed by atoms with E-state index in [2.05, 4.69) is 26.2 Å². The van der Waals surface area contributed by atoms with Gasteiger partial charge in [-0.25, -0.2) is 0 Å². The molecule has 20 heavy (non-hydrogen) atoms. The van der Waals surface area contributed by atoms with E-state index in [9.17, 15) is 4.79 Å². The highest BCUT2D eigenvalue weighted by Gasteiger charge is 2.06. The van der Waals surface area contributed by atoms with Crippen molar-refractivity contribution >= 4 is 21.8 Å². The number of hydrogen-bond donors (Lipinski definition) is 2. The molecule has 104 valence electrons. The van der Waals surface area contributed by atoms with Crippen LogP contribution in [0.3, 0.4) is 0 Å². The Morgan fingerprint density at radius 2 is 2.10 bits per heavy atom. The van der Waals surface area contributed by atoms with Crippen LogP contribution < -0.4 is 11.1 Å². The number of benzene rings is 1. The zero-order chi connectivity index (χ0) is 14.4. The Balaban J connectivity index is 1.85. The molecule has 3 N–H and O–H groups in total. The molecule has 2 aromatic rings. The van der Waals surface area contributed by atoms with Gasteiger partial charge in [0.05, 0.1) is 0 Å². The topological polar surface area (TPSA) is 68.0 Å². The van der Waals surface area contributed by atoms with Gasteiger partial charge in [0.25, 0.3) is 5.91 Å². The van der Waals surface area contributed by atoms with Crippen molar-refractivity contribution < 1.29 is 4.79 Å². The molecule has 0 radical (unpaired) electrons. The molecule has 0 saturated carbocycles. The number of amides is 1. The zero-order valence-corrected chi connectivity index (χ0v) is 12.6. The van der Waals surface area contributed by atoms with E-state index in [4.69, 9.17) is 5.73 Å². The lowest BCUT2D eigenvalue weighted by Gasteiger charge is -2.06. The first-order valence-corrected chi connectivity index (χ1v) is 7.16. The molecule has 1 aromatic carbocycles. The van der Waals surface area contributed by atoms with E-state index < -0.39 is 0 Å². The molecule has 5 heteroatoms. The number of hydrogen-bond acceptors (Lipinski definition) is 3. The third kappa shape index (κ3) is 4.15. The second-order valence-electron chi connectivity index (χ2n) is 4.39. The highest BCUT2D eigenvalue weighted by molar-refractivity contribution is 9.10. The van der Waals surface area contributed by atoms with Crippen LogP contribution in [0, 0.1) is 0 Å². The molecule has 0 saturated heterocycles. The van der Waals surface area contributed by atoms with Crippen molar-refractivity contribution in [2.24, 2.45) is 5.73 Å². The van der Waals surface area contributed by atoms with E-state index >= 15 is 0 Å². The maximum absolute atomic E-state index is 11.9. The summed E-state index contributed by atoms with van der Waals surface area (Å²) in [7, 11) is 0. The average Bonchev–Trinajstić information content (AvgIpc) is 2.47. The summed E-state index contributed by atoms with van der Waals surface area (Å²) in [5.74, 6) is -0.163. The maximum Gasteiger partial charge on any atom is 0.269 e. The number of aromatic nitrogens is 1. The van der Waals surface area contributed by atoms with Gasteiger partial charge in [-0.05, 0) is 35.7 Å². The third-order valence-electron chi connectivity index (χ3n) is 2.88. The van der Waals surface area contributed by atoms with Crippen molar-refractivity contribution in [3.8, 4) is 0 Å². The Kier molecular flexibility index (Phi) is 5.26. The number of rotatable bonds is 5. The first kappa shape index (κ1) is 14.7. The second-order valence-corrected chi connectivity index (χ2v) is 5.31. The summed E-state index contributed by atoms with van der Waals surface area (Å²) in [6.07, 6.45) is 2.41. The fourth-order valence-corrected chi connectivity index (χ4v) is 2.23. The molecule has 2 rings (SSSR count). The molecular formula is C15H16BrN3O. The fraction of sp³-hybridized carbons (Fsp3) is 0.200. The van der Waals surface area contributed by atoms with Gasteiger partial charge >= 0.3 is 0 Å². The van der Waals surface area contributed by atoms with Gasteiger partial charge in [0, 0.05) is 23.8 Å². The first-order valence-electron chi connectivity index (χ1n) is 6.36. The molecular weight excluding hydrogens is 318 g/mol. The van der Waals surface area contributed by atoms with Crippen LogP contribution in [0.25, 0.3) is 0 Å². The minimum Gasteiger partial charge on any atom is -0.350 e. The summed E-state index contributed by atoms with van der Waals surface area (Å²) >= 11 is 3.43. The molecule has 1 aromatic heterocycles. The van der Waals surface area contributed by atoms with Crippen molar-refractivity contribution in [2.75, 3.05) is 6.54 Å². The van der Waals surface area contributed by atoms with Gasteiger partial charge in [-0.3, -0.25) is 9.78 Å². The molecule has 0 fully saturated rings. The van der Waals surface area contributed by atoms with E-state index in [1.165, 1.54) is 5.56 Å². The molecule has 0 aliphatic heterocycles. The van der Waals surface area contributed by atoms with Gasteiger partial charge in [-0.15, -0.1) is 0 Å². The molecule has 0 unspecified atom stereocenters. The summed E-state index contributed by atoms with van der Waals surface area (Å²) in [4.78, 5) is 16.0.